The zero-order chi connectivity index (χ0) is 10.4. The highest BCUT2D eigenvalue weighted by Crippen LogP contribution is 2.16. The summed E-state index contributed by atoms with van der Waals surface area (Å²) in [4.78, 5) is 3.91. The van der Waals surface area contributed by atoms with E-state index in [0.29, 0.717) is 16.7 Å². The summed E-state index contributed by atoms with van der Waals surface area (Å²) in [5, 5.41) is 10.7. The Hall–Kier alpha value is -2.18. The first-order valence-electron chi connectivity index (χ1n) is 4.07. The van der Waals surface area contributed by atoms with Crippen LogP contribution in [0.15, 0.2) is 18.3 Å². The molecule has 0 radical (unpaired) electrons. The summed E-state index contributed by atoms with van der Waals surface area (Å²) in [5.41, 5.74) is 1.01. The number of halogens is 2. The van der Waals surface area contributed by atoms with Crippen LogP contribution in [0.3, 0.4) is 0 Å². The number of tetrazole rings is 1. The predicted molar refractivity (Wildman–Crippen MR) is 46.0 cm³/mol. The predicted octanol–water partition coefficient (Wildman–Crippen LogP) is 0.951. The second kappa shape index (κ2) is 2.66. The maximum Gasteiger partial charge on any atom is 0.198 e. The van der Waals surface area contributed by atoms with Crippen LogP contribution < -0.4 is 0 Å². The van der Waals surface area contributed by atoms with Gasteiger partial charge in [-0.05, 0) is 10.4 Å². The first-order valence-corrected chi connectivity index (χ1v) is 4.07. The second-order valence-electron chi connectivity index (χ2n) is 2.96. The highest BCUT2D eigenvalue weighted by atomic mass is 19.2. The van der Waals surface area contributed by atoms with Gasteiger partial charge in [0.25, 0.3) is 0 Å². The molecule has 15 heavy (non-hydrogen) atoms. The van der Waals surface area contributed by atoms with Crippen molar-refractivity contribution < 1.29 is 8.78 Å². The van der Waals surface area contributed by atoms with E-state index in [-0.39, 0.29) is 0 Å². The third kappa shape index (κ3) is 1.06. The van der Waals surface area contributed by atoms with E-state index in [2.05, 4.69) is 20.5 Å². The molecule has 2 heterocycles. The summed E-state index contributed by atoms with van der Waals surface area (Å²) in [7, 11) is 0. The molecule has 0 spiro atoms. The van der Waals surface area contributed by atoms with E-state index in [1.807, 2.05) is 0 Å². The van der Waals surface area contributed by atoms with Crippen LogP contribution >= 0.6 is 0 Å². The molecule has 0 saturated carbocycles. The van der Waals surface area contributed by atoms with Gasteiger partial charge in [0, 0.05) is 12.1 Å². The summed E-state index contributed by atoms with van der Waals surface area (Å²) in [6, 6.07) is 2.02. The third-order valence-corrected chi connectivity index (χ3v) is 2.06. The molecule has 3 rings (SSSR count). The Kier molecular flexibility index (Phi) is 1.44. The zero-order valence-corrected chi connectivity index (χ0v) is 7.22. The molecule has 1 aromatic carbocycles. The molecule has 0 aliphatic carbocycles. The van der Waals surface area contributed by atoms with Crippen LogP contribution in [0.2, 0.25) is 0 Å². The summed E-state index contributed by atoms with van der Waals surface area (Å²) in [6.07, 6.45) is 1.39. The van der Waals surface area contributed by atoms with E-state index in [9.17, 15) is 8.78 Å². The van der Waals surface area contributed by atoms with Crippen molar-refractivity contribution in [3.05, 3.63) is 30.0 Å². The van der Waals surface area contributed by atoms with Gasteiger partial charge in [-0.15, -0.1) is 5.10 Å². The highest BCUT2D eigenvalue weighted by molar-refractivity contribution is 5.76. The largest absolute Gasteiger partial charge is 0.250 e. The summed E-state index contributed by atoms with van der Waals surface area (Å²) < 4.78 is 27.2. The minimum absolute atomic E-state index is 0.300. The lowest BCUT2D eigenvalue weighted by atomic mass is 10.3. The molecule has 5 nitrogen and oxygen atoms in total. The highest BCUT2D eigenvalue weighted by Gasteiger charge is 2.09. The van der Waals surface area contributed by atoms with Crippen molar-refractivity contribution >= 4 is 16.7 Å². The van der Waals surface area contributed by atoms with E-state index >= 15 is 0 Å². The standard InChI is InChI=1S/C8H3F2N5/c9-4-1-6-7(2-5(4)10)15-8(3-11-6)12-13-14-15/h1-3H. The number of benzene rings is 1. The monoisotopic (exact) mass is 207 g/mol. The van der Waals surface area contributed by atoms with Gasteiger partial charge in [0.1, 0.15) is 0 Å². The Labute approximate surface area is 81.3 Å². The van der Waals surface area contributed by atoms with Crippen LogP contribution in [0.25, 0.3) is 16.7 Å². The van der Waals surface area contributed by atoms with Crippen LogP contribution in [-0.2, 0) is 0 Å². The van der Waals surface area contributed by atoms with Crippen molar-refractivity contribution in [3.8, 4) is 0 Å². The SMILES string of the molecule is Fc1cc2ncc3nnnn3c2cc1F. The topological polar surface area (TPSA) is 56.0 Å². The van der Waals surface area contributed by atoms with Gasteiger partial charge in [-0.1, -0.05) is 0 Å². The average Bonchev–Trinajstić information content (AvgIpc) is 2.68. The van der Waals surface area contributed by atoms with Crippen LogP contribution in [0.4, 0.5) is 8.78 Å². The van der Waals surface area contributed by atoms with Gasteiger partial charge in [0.05, 0.1) is 17.2 Å². The van der Waals surface area contributed by atoms with E-state index in [0.717, 1.165) is 12.1 Å². The van der Waals surface area contributed by atoms with E-state index in [1.54, 1.807) is 0 Å². The number of hydrogen-bond donors (Lipinski definition) is 0. The summed E-state index contributed by atoms with van der Waals surface area (Å²) in [5.74, 6) is -1.89. The molecule has 0 unspecified atom stereocenters. The van der Waals surface area contributed by atoms with Gasteiger partial charge in [-0.2, -0.15) is 4.52 Å². The molecule has 0 aliphatic rings. The lowest BCUT2D eigenvalue weighted by Crippen LogP contribution is -1.95. The van der Waals surface area contributed by atoms with Crippen molar-refractivity contribution in [1.29, 1.82) is 0 Å². The second-order valence-corrected chi connectivity index (χ2v) is 2.96. The van der Waals surface area contributed by atoms with Crippen LogP contribution in [0.5, 0.6) is 0 Å². The maximum atomic E-state index is 13.0. The molecule has 0 saturated heterocycles. The Morgan fingerprint density at radius 2 is 1.93 bits per heavy atom. The van der Waals surface area contributed by atoms with Crippen LogP contribution in [0, 0.1) is 11.6 Å². The number of nitrogens with zero attached hydrogens (tertiary/aromatic N) is 5. The number of fused-ring (bicyclic) bond motifs is 3. The quantitative estimate of drug-likeness (QED) is 0.550. The van der Waals surface area contributed by atoms with E-state index in [1.165, 1.54) is 10.7 Å². The smallest absolute Gasteiger partial charge is 0.198 e. The van der Waals surface area contributed by atoms with Gasteiger partial charge in [0.2, 0.25) is 0 Å². The van der Waals surface area contributed by atoms with Gasteiger partial charge in [-0.25, -0.2) is 8.78 Å². The fourth-order valence-electron chi connectivity index (χ4n) is 1.37. The summed E-state index contributed by atoms with van der Waals surface area (Å²) >= 11 is 0. The maximum absolute atomic E-state index is 13.0. The first-order chi connectivity index (χ1) is 7.25. The number of aromatic nitrogens is 5. The lowest BCUT2D eigenvalue weighted by Gasteiger charge is -1.99. The molecule has 7 heteroatoms. The molecular weight excluding hydrogens is 204 g/mol. The third-order valence-electron chi connectivity index (χ3n) is 2.06. The van der Waals surface area contributed by atoms with Crippen LogP contribution in [0.1, 0.15) is 0 Å². The normalized spacial score (nSPS) is 11.3. The lowest BCUT2D eigenvalue weighted by molar-refractivity contribution is 0.510. The molecule has 74 valence electrons. The van der Waals surface area contributed by atoms with E-state index < -0.39 is 11.6 Å². The number of rotatable bonds is 0. The zero-order valence-electron chi connectivity index (χ0n) is 7.22. The van der Waals surface area contributed by atoms with Crippen molar-refractivity contribution in [2.24, 2.45) is 0 Å². The Balaban J connectivity index is 2.57. The molecule has 0 fully saturated rings. The van der Waals surface area contributed by atoms with Crippen molar-refractivity contribution in [1.82, 2.24) is 25.0 Å². The molecule has 0 amide bonds. The van der Waals surface area contributed by atoms with Gasteiger partial charge < -0.3 is 0 Å². The van der Waals surface area contributed by atoms with Crippen molar-refractivity contribution in [2.45, 2.75) is 0 Å². The Morgan fingerprint density at radius 3 is 2.80 bits per heavy atom. The molecule has 0 N–H and O–H groups in total. The Bertz CT molecular complexity index is 662. The average molecular weight is 207 g/mol. The molecule has 0 atom stereocenters. The summed E-state index contributed by atoms with van der Waals surface area (Å²) in [6.45, 7) is 0. The Morgan fingerprint density at radius 1 is 1.13 bits per heavy atom. The molecule has 3 aromatic rings. The van der Waals surface area contributed by atoms with Gasteiger partial charge >= 0.3 is 0 Å². The van der Waals surface area contributed by atoms with E-state index in [4.69, 9.17) is 0 Å². The first kappa shape index (κ1) is 8.16. The molecule has 0 aliphatic heterocycles. The van der Waals surface area contributed by atoms with Gasteiger partial charge in [-0.3, -0.25) is 4.98 Å². The fraction of sp³-hybridized carbons (Fsp3) is 0. The molecule has 2 aromatic heterocycles. The molecule has 0 bridgehead atoms. The van der Waals surface area contributed by atoms with Crippen molar-refractivity contribution in [2.75, 3.05) is 0 Å². The molecular formula is C8H3F2N5. The minimum atomic E-state index is -0.952. The fourth-order valence-corrected chi connectivity index (χ4v) is 1.37. The van der Waals surface area contributed by atoms with Gasteiger partial charge in [0.15, 0.2) is 17.3 Å². The van der Waals surface area contributed by atoms with Crippen molar-refractivity contribution in [3.63, 3.8) is 0 Å². The number of hydrogen-bond acceptors (Lipinski definition) is 4. The van der Waals surface area contributed by atoms with Crippen LogP contribution in [-0.4, -0.2) is 25.0 Å². The minimum Gasteiger partial charge on any atom is -0.250 e.